The molecule has 1 aliphatic heterocycles. The molecule has 1 fully saturated rings. The molecule has 1 N–H and O–H groups in total. The molecule has 1 aromatic carbocycles. The lowest BCUT2D eigenvalue weighted by molar-refractivity contribution is 0.0697. The minimum atomic E-state index is -0.938. The predicted molar refractivity (Wildman–Crippen MR) is 69.1 cm³/mol. The second kappa shape index (κ2) is 6.11. The SMILES string of the molecule is O=C(O)c1ccc(CS(=O)C2CCOCC2)cc1. The van der Waals surface area contributed by atoms with Crippen LogP contribution in [-0.4, -0.2) is 33.7 Å². The second-order valence-corrected chi connectivity index (χ2v) is 6.06. The van der Waals surface area contributed by atoms with Crippen LogP contribution in [0.3, 0.4) is 0 Å². The van der Waals surface area contributed by atoms with E-state index < -0.39 is 16.8 Å². The Kier molecular flexibility index (Phi) is 4.49. The highest BCUT2D eigenvalue weighted by molar-refractivity contribution is 7.84. The molecule has 4 nitrogen and oxygen atoms in total. The zero-order valence-electron chi connectivity index (χ0n) is 10.0. The Hall–Kier alpha value is -1.20. The van der Waals surface area contributed by atoms with Crippen molar-refractivity contribution in [3.8, 4) is 0 Å². The monoisotopic (exact) mass is 268 g/mol. The van der Waals surface area contributed by atoms with Crippen molar-refractivity contribution >= 4 is 16.8 Å². The highest BCUT2D eigenvalue weighted by Gasteiger charge is 2.20. The third kappa shape index (κ3) is 3.40. The molecule has 98 valence electrons. The Morgan fingerprint density at radius 2 is 1.89 bits per heavy atom. The fraction of sp³-hybridized carbons (Fsp3) is 0.462. The molecule has 0 aliphatic carbocycles. The molecule has 1 atom stereocenters. The van der Waals surface area contributed by atoms with Crippen molar-refractivity contribution in [1.82, 2.24) is 0 Å². The van der Waals surface area contributed by atoms with Gasteiger partial charge in [-0.1, -0.05) is 12.1 Å². The minimum Gasteiger partial charge on any atom is -0.478 e. The van der Waals surface area contributed by atoms with E-state index in [0.717, 1.165) is 18.4 Å². The number of ether oxygens (including phenoxy) is 1. The Balaban J connectivity index is 1.96. The molecule has 0 aromatic heterocycles. The maximum absolute atomic E-state index is 12.1. The van der Waals surface area contributed by atoms with Gasteiger partial charge >= 0.3 is 5.97 Å². The van der Waals surface area contributed by atoms with Crippen LogP contribution in [0, 0.1) is 0 Å². The zero-order valence-corrected chi connectivity index (χ0v) is 10.8. The molecule has 0 saturated carbocycles. The topological polar surface area (TPSA) is 63.6 Å². The molecule has 0 radical (unpaired) electrons. The van der Waals surface area contributed by atoms with Crippen molar-refractivity contribution in [2.75, 3.05) is 13.2 Å². The first-order valence-electron chi connectivity index (χ1n) is 5.94. The first-order chi connectivity index (χ1) is 8.66. The van der Waals surface area contributed by atoms with Crippen molar-refractivity contribution in [2.24, 2.45) is 0 Å². The van der Waals surface area contributed by atoms with Crippen molar-refractivity contribution in [3.63, 3.8) is 0 Å². The van der Waals surface area contributed by atoms with Gasteiger partial charge in [0, 0.05) is 35.0 Å². The largest absolute Gasteiger partial charge is 0.478 e. The summed E-state index contributed by atoms with van der Waals surface area (Å²) in [4.78, 5) is 10.7. The normalized spacial score (nSPS) is 18.4. The van der Waals surface area contributed by atoms with Gasteiger partial charge in [0.05, 0.1) is 5.56 Å². The van der Waals surface area contributed by atoms with Crippen LogP contribution in [0.1, 0.15) is 28.8 Å². The van der Waals surface area contributed by atoms with Crippen LogP contribution in [0.25, 0.3) is 0 Å². The van der Waals surface area contributed by atoms with Gasteiger partial charge in [-0.25, -0.2) is 4.79 Å². The van der Waals surface area contributed by atoms with Crippen LogP contribution in [-0.2, 0) is 21.3 Å². The summed E-state index contributed by atoms with van der Waals surface area (Å²) in [5, 5.41) is 8.99. The number of carboxylic acid groups (broad SMARTS) is 1. The summed E-state index contributed by atoms with van der Waals surface area (Å²) in [6.45, 7) is 1.38. The molecule has 1 aliphatic rings. The van der Waals surface area contributed by atoms with E-state index in [-0.39, 0.29) is 10.8 Å². The van der Waals surface area contributed by atoms with E-state index >= 15 is 0 Å². The lowest BCUT2D eigenvalue weighted by atomic mass is 10.1. The van der Waals surface area contributed by atoms with E-state index in [0.29, 0.717) is 19.0 Å². The molecule has 2 rings (SSSR count). The van der Waals surface area contributed by atoms with Crippen molar-refractivity contribution in [2.45, 2.75) is 23.8 Å². The average Bonchev–Trinajstić information content (AvgIpc) is 2.40. The van der Waals surface area contributed by atoms with E-state index in [9.17, 15) is 9.00 Å². The molecular formula is C13H16O4S. The number of hydrogen-bond acceptors (Lipinski definition) is 3. The fourth-order valence-corrected chi connectivity index (χ4v) is 3.44. The quantitative estimate of drug-likeness (QED) is 0.904. The van der Waals surface area contributed by atoms with Gasteiger partial charge in [-0.2, -0.15) is 0 Å². The summed E-state index contributed by atoms with van der Waals surface area (Å²) in [5.74, 6) is -0.447. The number of carbonyl (C=O) groups is 1. The first kappa shape index (κ1) is 13.2. The van der Waals surface area contributed by atoms with Crippen molar-refractivity contribution in [1.29, 1.82) is 0 Å². The maximum Gasteiger partial charge on any atom is 0.335 e. The van der Waals surface area contributed by atoms with Gasteiger partial charge in [-0.3, -0.25) is 4.21 Å². The summed E-state index contributed by atoms with van der Waals surface area (Å²) < 4.78 is 17.4. The van der Waals surface area contributed by atoms with Crippen molar-refractivity contribution in [3.05, 3.63) is 35.4 Å². The van der Waals surface area contributed by atoms with Gasteiger partial charge in [-0.05, 0) is 30.5 Å². The molecule has 18 heavy (non-hydrogen) atoms. The molecule has 1 unspecified atom stereocenters. The smallest absolute Gasteiger partial charge is 0.335 e. The summed E-state index contributed by atoms with van der Waals surface area (Å²) in [5.41, 5.74) is 1.18. The highest BCUT2D eigenvalue weighted by atomic mass is 32.2. The second-order valence-electron chi connectivity index (χ2n) is 4.34. The molecule has 5 heteroatoms. The van der Waals surface area contributed by atoms with E-state index in [1.807, 2.05) is 0 Å². The third-order valence-corrected chi connectivity index (χ3v) is 4.88. The summed E-state index contributed by atoms with van der Waals surface area (Å²) in [6, 6.07) is 6.58. The van der Waals surface area contributed by atoms with Gasteiger partial charge in [0.25, 0.3) is 0 Å². The zero-order chi connectivity index (χ0) is 13.0. The van der Waals surface area contributed by atoms with Crippen LogP contribution in [0.5, 0.6) is 0 Å². The number of hydrogen-bond donors (Lipinski definition) is 1. The Morgan fingerprint density at radius 1 is 1.28 bits per heavy atom. The molecule has 0 bridgehead atoms. The fourth-order valence-electron chi connectivity index (χ4n) is 1.96. The molecule has 1 aromatic rings. The Bertz CT molecular complexity index is 435. The summed E-state index contributed by atoms with van der Waals surface area (Å²) >= 11 is 0. The maximum atomic E-state index is 12.1. The Labute approximate surface area is 108 Å². The lowest BCUT2D eigenvalue weighted by Gasteiger charge is -2.21. The van der Waals surface area contributed by atoms with E-state index in [4.69, 9.17) is 9.84 Å². The highest BCUT2D eigenvalue weighted by Crippen LogP contribution is 2.17. The number of benzene rings is 1. The van der Waals surface area contributed by atoms with Gasteiger partial charge in [-0.15, -0.1) is 0 Å². The van der Waals surface area contributed by atoms with Gasteiger partial charge in [0.15, 0.2) is 0 Å². The van der Waals surface area contributed by atoms with Gasteiger partial charge in [0.1, 0.15) is 0 Å². The van der Waals surface area contributed by atoms with Gasteiger partial charge in [0.2, 0.25) is 0 Å². The minimum absolute atomic E-state index is 0.206. The molecule has 1 saturated heterocycles. The predicted octanol–water partition coefficient (Wildman–Crippen LogP) is 1.81. The van der Waals surface area contributed by atoms with Crippen LogP contribution in [0.4, 0.5) is 0 Å². The third-order valence-electron chi connectivity index (χ3n) is 3.05. The van der Waals surface area contributed by atoms with Crippen LogP contribution in [0.2, 0.25) is 0 Å². The lowest BCUT2D eigenvalue weighted by Crippen LogP contribution is -2.25. The van der Waals surface area contributed by atoms with Crippen LogP contribution >= 0.6 is 0 Å². The van der Waals surface area contributed by atoms with Crippen LogP contribution < -0.4 is 0 Å². The number of aromatic carboxylic acids is 1. The Morgan fingerprint density at radius 3 is 2.44 bits per heavy atom. The van der Waals surface area contributed by atoms with E-state index in [1.165, 1.54) is 0 Å². The standard InChI is InChI=1S/C13H16O4S/c14-13(15)11-3-1-10(2-4-11)9-18(16)12-5-7-17-8-6-12/h1-4,12H,5-9H2,(H,14,15). The number of rotatable bonds is 4. The molecule has 1 heterocycles. The molecule has 0 spiro atoms. The summed E-state index contributed by atoms with van der Waals surface area (Å²) in [6.07, 6.45) is 1.69. The first-order valence-corrected chi connectivity index (χ1v) is 7.32. The molecule has 0 amide bonds. The average molecular weight is 268 g/mol. The molecular weight excluding hydrogens is 252 g/mol. The van der Waals surface area contributed by atoms with E-state index in [2.05, 4.69) is 0 Å². The summed E-state index contributed by atoms with van der Waals surface area (Å²) in [7, 11) is -0.902. The van der Waals surface area contributed by atoms with Crippen LogP contribution in [0.15, 0.2) is 24.3 Å². The number of carboxylic acids is 1. The van der Waals surface area contributed by atoms with E-state index in [1.54, 1.807) is 24.3 Å². The van der Waals surface area contributed by atoms with Crippen molar-refractivity contribution < 1.29 is 18.8 Å². The van der Waals surface area contributed by atoms with Gasteiger partial charge < -0.3 is 9.84 Å².